The molecule has 0 radical (unpaired) electrons. The molecule has 7 aromatic carbocycles. The van der Waals surface area contributed by atoms with Crippen molar-refractivity contribution >= 4 is 77.3 Å². The van der Waals surface area contributed by atoms with Crippen LogP contribution >= 0.6 is 0 Å². The molecule has 0 unspecified atom stereocenters. The van der Waals surface area contributed by atoms with Crippen LogP contribution in [-0.4, -0.2) is 29.5 Å². The number of nitrogens with zero attached hydrogens (tertiary/aromatic N) is 3. The first-order valence-electron chi connectivity index (χ1n) is 15.3. The number of hydrogen-bond acceptors (Lipinski definition) is 4. The topological polar surface area (TPSA) is 51.8 Å². The molecule has 46 heavy (non-hydrogen) atoms. The van der Waals surface area contributed by atoms with Crippen molar-refractivity contribution in [3.63, 3.8) is 0 Å². The molecule has 0 saturated carbocycles. The molecule has 3 heterocycles. The van der Waals surface area contributed by atoms with Gasteiger partial charge in [-0.3, -0.25) is 0 Å². The number of fused-ring (bicyclic) bond motifs is 10. The second kappa shape index (κ2) is 9.95. The Hall–Kier alpha value is -5.61. The quantitative estimate of drug-likeness (QED) is 0.141. The van der Waals surface area contributed by atoms with Gasteiger partial charge in [0.15, 0.2) is 0 Å². The third-order valence-corrected chi connectivity index (χ3v) is 11.4. The van der Waals surface area contributed by atoms with Crippen LogP contribution < -0.4 is 0 Å². The summed E-state index contributed by atoms with van der Waals surface area (Å²) in [5.74, 6) is 1.90. The van der Waals surface area contributed by atoms with E-state index in [2.05, 4.69) is 84.9 Å². The van der Waals surface area contributed by atoms with Gasteiger partial charge in [0.25, 0.3) is 0 Å². The Balaban J connectivity index is 1.21. The van der Waals surface area contributed by atoms with E-state index in [0.29, 0.717) is 17.5 Å². The fourth-order valence-corrected chi connectivity index (χ4v) is 9.34. The second-order valence-electron chi connectivity index (χ2n) is 11.6. The van der Waals surface area contributed by atoms with E-state index >= 15 is 0 Å². The molecule has 3 aromatic heterocycles. The van der Waals surface area contributed by atoms with E-state index in [-0.39, 0.29) is 14.5 Å². The minimum atomic E-state index is 0.242. The van der Waals surface area contributed by atoms with Crippen LogP contribution in [0.1, 0.15) is 0 Å². The first kappa shape index (κ1) is 25.7. The van der Waals surface area contributed by atoms with E-state index in [1.165, 1.54) is 40.8 Å². The maximum absolute atomic E-state index is 6.22. The van der Waals surface area contributed by atoms with E-state index in [0.717, 1.165) is 38.6 Å². The summed E-state index contributed by atoms with van der Waals surface area (Å²) in [6.07, 6.45) is 0. The molecule has 0 saturated heterocycles. The van der Waals surface area contributed by atoms with Crippen LogP contribution in [0.2, 0.25) is 0 Å². The van der Waals surface area contributed by atoms with Crippen LogP contribution in [0.25, 0.3) is 96.9 Å². The number of para-hydroxylation sites is 1. The SMILES string of the molecule is c1ccc(-c2nc(-c3ccc4c(c3)oc3ccccc34)nc(-c3ccc4ccc5ccc6c7ccccc7[se]c6c5c4c3)n2)cc1. The number of hydrogen-bond donors (Lipinski definition) is 0. The van der Waals surface area contributed by atoms with Crippen molar-refractivity contribution in [3.05, 3.63) is 140 Å². The van der Waals surface area contributed by atoms with Gasteiger partial charge in [-0.25, -0.2) is 0 Å². The van der Waals surface area contributed by atoms with Crippen molar-refractivity contribution in [1.29, 1.82) is 0 Å². The van der Waals surface area contributed by atoms with Crippen LogP contribution in [0.4, 0.5) is 0 Å². The maximum atomic E-state index is 6.22. The zero-order chi connectivity index (χ0) is 30.2. The van der Waals surface area contributed by atoms with Gasteiger partial charge in [0, 0.05) is 5.39 Å². The van der Waals surface area contributed by atoms with Crippen molar-refractivity contribution in [3.8, 4) is 34.2 Å². The summed E-state index contributed by atoms with van der Waals surface area (Å²) in [5, 5.41) is 9.94. The molecular formula is C41H23N3OSe. The molecular weight excluding hydrogens is 629 g/mol. The molecule has 0 spiro atoms. The summed E-state index contributed by atoms with van der Waals surface area (Å²) in [7, 11) is 0. The van der Waals surface area contributed by atoms with Gasteiger partial charge in [0.2, 0.25) is 0 Å². The Labute approximate surface area is 269 Å². The standard InChI is InChI=1S/C41H23N3OSe/c1-2-8-26(9-3-1)39-42-40(44-41(43-39)28-19-20-30-29-10-4-6-12-34(29)45-35(30)23-28)27-17-15-24-14-16-25-18-21-32-31-11-5-7-13-36(31)46-38(32)37(25)33(24)22-27/h1-23H. The fourth-order valence-electron chi connectivity index (χ4n) is 6.67. The minimum absolute atomic E-state index is 0.242. The van der Waals surface area contributed by atoms with Crippen molar-refractivity contribution in [2.75, 3.05) is 0 Å². The summed E-state index contributed by atoms with van der Waals surface area (Å²) in [6, 6.07) is 48.9. The zero-order valence-corrected chi connectivity index (χ0v) is 26.2. The van der Waals surface area contributed by atoms with E-state index in [9.17, 15) is 0 Å². The van der Waals surface area contributed by atoms with Gasteiger partial charge in [-0.1, -0.05) is 18.2 Å². The summed E-state index contributed by atoms with van der Waals surface area (Å²) in [5.41, 5.74) is 4.48. The van der Waals surface area contributed by atoms with E-state index < -0.39 is 0 Å². The summed E-state index contributed by atoms with van der Waals surface area (Å²) in [6.45, 7) is 0. The average Bonchev–Trinajstić information content (AvgIpc) is 3.69. The first-order valence-corrected chi connectivity index (χ1v) is 17.0. The monoisotopic (exact) mass is 653 g/mol. The Bertz CT molecular complexity index is 2820. The third kappa shape index (κ3) is 3.96. The number of benzene rings is 7. The van der Waals surface area contributed by atoms with Gasteiger partial charge < -0.3 is 0 Å². The molecule has 0 aliphatic heterocycles. The predicted molar refractivity (Wildman–Crippen MR) is 190 cm³/mol. The van der Waals surface area contributed by atoms with Gasteiger partial charge in [-0.05, 0) is 6.07 Å². The van der Waals surface area contributed by atoms with E-state index in [4.69, 9.17) is 19.4 Å². The van der Waals surface area contributed by atoms with Crippen molar-refractivity contribution < 1.29 is 4.42 Å². The molecule has 10 rings (SSSR count). The van der Waals surface area contributed by atoms with Gasteiger partial charge in [-0.15, -0.1) is 0 Å². The molecule has 0 aliphatic carbocycles. The molecule has 0 aliphatic rings. The molecule has 0 fully saturated rings. The number of furan rings is 1. The van der Waals surface area contributed by atoms with Crippen molar-refractivity contribution in [1.82, 2.24) is 15.0 Å². The predicted octanol–water partition coefficient (Wildman–Crippen LogP) is 10.4. The molecule has 0 bridgehead atoms. The van der Waals surface area contributed by atoms with Crippen molar-refractivity contribution in [2.45, 2.75) is 0 Å². The van der Waals surface area contributed by atoms with Crippen LogP contribution in [0.15, 0.2) is 144 Å². The second-order valence-corrected chi connectivity index (χ2v) is 13.8. The fraction of sp³-hybridized carbons (Fsp3) is 0. The number of aromatic nitrogens is 3. The summed E-state index contributed by atoms with van der Waals surface area (Å²) >= 11 is 0.242. The van der Waals surface area contributed by atoms with Crippen LogP contribution in [0.3, 0.4) is 0 Å². The Morgan fingerprint density at radius 3 is 1.89 bits per heavy atom. The zero-order valence-electron chi connectivity index (χ0n) is 24.4. The van der Waals surface area contributed by atoms with Gasteiger partial charge >= 0.3 is 235 Å². The summed E-state index contributed by atoms with van der Waals surface area (Å²) < 4.78 is 9.12. The normalized spacial score (nSPS) is 11.9. The van der Waals surface area contributed by atoms with Gasteiger partial charge in [0.1, 0.15) is 5.58 Å². The average molecular weight is 653 g/mol. The summed E-state index contributed by atoms with van der Waals surface area (Å²) in [4.78, 5) is 15.1. The molecule has 5 heteroatoms. The Morgan fingerprint density at radius 1 is 0.413 bits per heavy atom. The van der Waals surface area contributed by atoms with E-state index in [1.54, 1.807) is 0 Å². The molecule has 0 N–H and O–H groups in total. The Kier molecular flexibility index (Phi) is 5.56. The molecule has 214 valence electrons. The van der Waals surface area contributed by atoms with Crippen molar-refractivity contribution in [2.24, 2.45) is 0 Å². The third-order valence-electron chi connectivity index (χ3n) is 8.91. The van der Waals surface area contributed by atoms with Crippen LogP contribution in [0.5, 0.6) is 0 Å². The number of rotatable bonds is 3. The van der Waals surface area contributed by atoms with Gasteiger partial charge in [-0.2, -0.15) is 0 Å². The van der Waals surface area contributed by atoms with Crippen LogP contribution in [0, 0.1) is 0 Å². The Morgan fingerprint density at radius 2 is 1.02 bits per heavy atom. The molecule has 0 amide bonds. The molecule has 0 atom stereocenters. The molecule has 4 nitrogen and oxygen atoms in total. The van der Waals surface area contributed by atoms with Gasteiger partial charge in [0.05, 0.1) is 0 Å². The van der Waals surface area contributed by atoms with Crippen LogP contribution in [-0.2, 0) is 0 Å². The van der Waals surface area contributed by atoms with E-state index in [1.807, 2.05) is 54.6 Å². The molecule has 10 aromatic rings. The first-order chi connectivity index (χ1) is 22.8.